The Kier molecular flexibility index (Phi) is 4.75. The van der Waals surface area contributed by atoms with Crippen LogP contribution in [0, 0.1) is 0 Å². The monoisotopic (exact) mass is 416 g/mol. The molecule has 0 radical (unpaired) electrons. The molecule has 3 heterocycles. The molecule has 2 aromatic heterocycles. The summed E-state index contributed by atoms with van der Waals surface area (Å²) in [7, 11) is -1.51. The molecule has 1 aliphatic heterocycles. The maximum Gasteiger partial charge on any atom is 0.176 e. The summed E-state index contributed by atoms with van der Waals surface area (Å²) in [5.41, 5.74) is 8.48. The van der Waals surface area contributed by atoms with Crippen LogP contribution < -0.4 is 11.1 Å². The van der Waals surface area contributed by atoms with Crippen molar-refractivity contribution >= 4 is 48.4 Å². The molecule has 0 bridgehead atoms. The molecule has 9 heteroatoms. The Morgan fingerprint density at radius 1 is 1.26 bits per heavy atom. The predicted molar refractivity (Wildman–Crippen MR) is 114 cm³/mol. The van der Waals surface area contributed by atoms with Crippen LogP contribution in [0.5, 0.6) is 0 Å². The molecule has 0 saturated heterocycles. The first-order valence-corrected chi connectivity index (χ1v) is 13.4. The lowest BCUT2D eigenvalue weighted by atomic mass is 10.2. The van der Waals surface area contributed by atoms with E-state index in [-0.39, 0.29) is 6.17 Å². The SMILES string of the molecule is C[Si](C)(C)C1=CC(NCc2ccccc2Cl)n2c(nc3c(N)ncnc32)S1. The number of halogens is 1. The number of benzene rings is 1. The van der Waals surface area contributed by atoms with Gasteiger partial charge in [-0.25, -0.2) is 15.0 Å². The van der Waals surface area contributed by atoms with Crippen molar-refractivity contribution in [2.24, 2.45) is 0 Å². The van der Waals surface area contributed by atoms with Crippen LogP contribution in [-0.2, 0) is 6.54 Å². The van der Waals surface area contributed by atoms with E-state index >= 15 is 0 Å². The molecule has 0 aliphatic carbocycles. The molecule has 1 aromatic carbocycles. The predicted octanol–water partition coefficient (Wildman–Crippen LogP) is 4.22. The van der Waals surface area contributed by atoms with Crippen LogP contribution in [0.15, 0.2) is 46.4 Å². The van der Waals surface area contributed by atoms with Gasteiger partial charge in [0.15, 0.2) is 22.1 Å². The third-order valence-electron chi connectivity index (χ3n) is 4.46. The topological polar surface area (TPSA) is 81.7 Å². The Balaban J connectivity index is 1.76. The van der Waals surface area contributed by atoms with E-state index in [1.807, 2.05) is 24.3 Å². The lowest BCUT2D eigenvalue weighted by Gasteiger charge is -2.29. The Bertz CT molecular complexity index is 1040. The fraction of sp³-hybridized carbons (Fsp3) is 0.278. The van der Waals surface area contributed by atoms with Crippen LogP contribution in [0.3, 0.4) is 0 Å². The van der Waals surface area contributed by atoms with Crippen LogP contribution in [0.4, 0.5) is 5.82 Å². The minimum atomic E-state index is -1.51. The summed E-state index contributed by atoms with van der Waals surface area (Å²) in [6, 6.07) is 7.87. The summed E-state index contributed by atoms with van der Waals surface area (Å²) in [6.45, 7) is 7.65. The van der Waals surface area contributed by atoms with E-state index in [1.54, 1.807) is 11.8 Å². The smallest absolute Gasteiger partial charge is 0.176 e. The molecule has 1 unspecified atom stereocenters. The number of anilines is 1. The molecule has 0 fully saturated rings. The molecule has 3 aromatic rings. The van der Waals surface area contributed by atoms with E-state index in [4.69, 9.17) is 22.3 Å². The zero-order valence-corrected chi connectivity index (χ0v) is 18.0. The minimum absolute atomic E-state index is 0.0708. The lowest BCUT2D eigenvalue weighted by molar-refractivity contribution is 0.457. The Morgan fingerprint density at radius 2 is 2.04 bits per heavy atom. The Morgan fingerprint density at radius 3 is 2.78 bits per heavy atom. The number of rotatable bonds is 4. The van der Waals surface area contributed by atoms with Crippen molar-refractivity contribution in [3.05, 3.63) is 51.8 Å². The molecule has 27 heavy (non-hydrogen) atoms. The second-order valence-corrected chi connectivity index (χ2v) is 14.3. The molecule has 1 atom stereocenters. The molecule has 0 spiro atoms. The first kappa shape index (κ1) is 18.5. The number of fused-ring (bicyclic) bond motifs is 3. The maximum absolute atomic E-state index is 6.33. The summed E-state index contributed by atoms with van der Waals surface area (Å²) in [6.07, 6.45) is 3.71. The van der Waals surface area contributed by atoms with Gasteiger partial charge in [0, 0.05) is 11.6 Å². The van der Waals surface area contributed by atoms with Crippen LogP contribution in [-0.4, -0.2) is 27.6 Å². The molecule has 1 aliphatic rings. The Labute approximate surface area is 168 Å². The number of nitrogens with one attached hydrogen (secondary N) is 1. The maximum atomic E-state index is 6.33. The highest BCUT2D eigenvalue weighted by Gasteiger charge is 2.31. The van der Waals surface area contributed by atoms with Crippen LogP contribution in [0.25, 0.3) is 11.2 Å². The van der Waals surface area contributed by atoms with Crippen molar-refractivity contribution in [2.75, 3.05) is 5.73 Å². The van der Waals surface area contributed by atoms with Gasteiger partial charge < -0.3 is 5.73 Å². The number of nitrogens with two attached hydrogens (primary N) is 1. The fourth-order valence-corrected chi connectivity index (χ4v) is 6.18. The van der Waals surface area contributed by atoms with Gasteiger partial charge in [0.2, 0.25) is 0 Å². The zero-order valence-electron chi connectivity index (χ0n) is 15.4. The molecular weight excluding hydrogens is 396 g/mol. The van der Waals surface area contributed by atoms with E-state index in [0.717, 1.165) is 21.4 Å². The van der Waals surface area contributed by atoms with Gasteiger partial charge in [0.1, 0.15) is 12.5 Å². The van der Waals surface area contributed by atoms with Gasteiger partial charge in [0.25, 0.3) is 0 Å². The number of nitrogen functional groups attached to an aromatic ring is 1. The van der Waals surface area contributed by atoms with E-state index in [1.165, 1.54) is 10.9 Å². The third kappa shape index (κ3) is 3.50. The van der Waals surface area contributed by atoms with Gasteiger partial charge in [-0.2, -0.15) is 0 Å². The number of thioether (sulfide) groups is 1. The molecule has 0 amide bonds. The highest BCUT2D eigenvalue weighted by Crippen LogP contribution is 2.41. The number of hydrogen-bond acceptors (Lipinski definition) is 6. The molecule has 0 saturated carbocycles. The van der Waals surface area contributed by atoms with Gasteiger partial charge in [0.05, 0.1) is 8.07 Å². The standard InChI is InChI=1S/C18H21ClN6SSi/c1-27(2,3)14-8-13(21-9-11-6-4-5-7-12(11)19)25-17-15(24-18(25)26-14)16(20)22-10-23-17/h4-8,10,13,21H,9H2,1-3H3,(H2,20,22,23). The minimum Gasteiger partial charge on any atom is -0.382 e. The summed E-state index contributed by atoms with van der Waals surface area (Å²) in [4.78, 5) is 13.3. The number of hydrogen-bond donors (Lipinski definition) is 2. The first-order valence-electron chi connectivity index (χ1n) is 8.70. The van der Waals surface area contributed by atoms with Gasteiger partial charge in [-0.05, 0) is 22.2 Å². The molecule has 4 rings (SSSR count). The van der Waals surface area contributed by atoms with E-state index in [9.17, 15) is 0 Å². The number of aromatic nitrogens is 4. The van der Waals surface area contributed by atoms with Crippen molar-refractivity contribution in [3.63, 3.8) is 0 Å². The normalized spacial score (nSPS) is 17.0. The van der Waals surface area contributed by atoms with Crippen molar-refractivity contribution in [2.45, 2.75) is 37.5 Å². The lowest BCUT2D eigenvalue weighted by Crippen LogP contribution is -2.32. The van der Waals surface area contributed by atoms with Crippen LogP contribution in [0.1, 0.15) is 11.7 Å². The summed E-state index contributed by atoms with van der Waals surface area (Å²) >= 11 is 8.04. The Hall–Kier alpha value is -1.87. The second kappa shape index (κ2) is 6.94. The highest BCUT2D eigenvalue weighted by atomic mass is 35.5. The zero-order chi connectivity index (χ0) is 19.2. The summed E-state index contributed by atoms with van der Waals surface area (Å²) in [5, 5.41) is 5.26. The average Bonchev–Trinajstić information content (AvgIpc) is 3.00. The second-order valence-electron chi connectivity index (χ2n) is 7.50. The molecule has 140 valence electrons. The third-order valence-corrected chi connectivity index (χ3v) is 9.44. The van der Waals surface area contributed by atoms with Crippen molar-refractivity contribution in [1.29, 1.82) is 0 Å². The molecular formula is C18H21ClN6SSi. The van der Waals surface area contributed by atoms with Crippen LogP contribution in [0.2, 0.25) is 24.7 Å². The van der Waals surface area contributed by atoms with Crippen molar-refractivity contribution < 1.29 is 0 Å². The molecule has 3 N–H and O–H groups in total. The number of imidazole rings is 1. The highest BCUT2D eigenvalue weighted by molar-refractivity contribution is 8.05. The van der Waals surface area contributed by atoms with Gasteiger partial charge in [-0.15, -0.1) is 0 Å². The summed E-state index contributed by atoms with van der Waals surface area (Å²) < 4.78 is 3.48. The van der Waals surface area contributed by atoms with Crippen molar-refractivity contribution in [1.82, 2.24) is 24.8 Å². The summed E-state index contributed by atoms with van der Waals surface area (Å²) in [5.74, 6) is 0.405. The number of nitrogens with zero attached hydrogens (tertiary/aromatic N) is 4. The fourth-order valence-electron chi connectivity index (χ4n) is 2.99. The quantitative estimate of drug-likeness (QED) is 0.619. The average molecular weight is 417 g/mol. The van der Waals surface area contributed by atoms with E-state index in [0.29, 0.717) is 17.9 Å². The van der Waals surface area contributed by atoms with E-state index in [2.05, 4.69) is 45.6 Å². The van der Waals surface area contributed by atoms with Crippen LogP contribution >= 0.6 is 23.4 Å². The van der Waals surface area contributed by atoms with E-state index < -0.39 is 8.07 Å². The van der Waals surface area contributed by atoms with Gasteiger partial charge in [-0.3, -0.25) is 9.88 Å². The van der Waals surface area contributed by atoms with Gasteiger partial charge >= 0.3 is 0 Å². The molecule has 6 nitrogen and oxygen atoms in total. The van der Waals surface area contributed by atoms with Gasteiger partial charge in [-0.1, -0.05) is 61.2 Å². The van der Waals surface area contributed by atoms with Crippen molar-refractivity contribution in [3.8, 4) is 0 Å². The largest absolute Gasteiger partial charge is 0.382 e. The first-order chi connectivity index (χ1) is 12.8.